The Hall–Kier alpha value is -2.05. The van der Waals surface area contributed by atoms with Gasteiger partial charge in [-0.05, 0) is 45.0 Å². The summed E-state index contributed by atoms with van der Waals surface area (Å²) in [5, 5.41) is 0. The second-order valence-corrected chi connectivity index (χ2v) is 8.12. The molecule has 0 saturated heterocycles. The summed E-state index contributed by atoms with van der Waals surface area (Å²) in [5.41, 5.74) is 2.02. The fraction of sp³-hybridized carbons (Fsp3) is 0.368. The lowest BCUT2D eigenvalue weighted by Gasteiger charge is -2.38. The van der Waals surface area contributed by atoms with E-state index in [0.29, 0.717) is 6.54 Å². The van der Waals surface area contributed by atoms with Crippen molar-refractivity contribution in [3.05, 3.63) is 54.1 Å². The van der Waals surface area contributed by atoms with Crippen molar-refractivity contribution in [2.45, 2.75) is 37.8 Å². The third-order valence-electron chi connectivity index (χ3n) is 4.21. The fourth-order valence-corrected chi connectivity index (χ4v) is 3.78. The quantitative estimate of drug-likeness (QED) is 0.764. The summed E-state index contributed by atoms with van der Waals surface area (Å²) in [7, 11) is -3.79. The Balaban J connectivity index is 1.72. The lowest BCUT2D eigenvalue weighted by Crippen LogP contribution is -2.45. The van der Waals surface area contributed by atoms with Crippen LogP contribution < -0.4 is 9.64 Å². The molecule has 1 atom stereocenters. The molecule has 134 valence electrons. The lowest BCUT2D eigenvalue weighted by atomic mass is 10.1. The predicted octanol–water partition coefficient (Wildman–Crippen LogP) is 3.38. The van der Waals surface area contributed by atoms with E-state index in [-0.39, 0.29) is 23.6 Å². The number of nitrogens with zero attached hydrogens (tertiary/aromatic N) is 1. The summed E-state index contributed by atoms with van der Waals surface area (Å²) in [4.78, 5) is 2.36. The Morgan fingerprint density at radius 3 is 2.52 bits per heavy atom. The Kier molecular flexibility index (Phi) is 5.01. The summed E-state index contributed by atoms with van der Waals surface area (Å²) >= 11 is 0. The van der Waals surface area contributed by atoms with Gasteiger partial charge in [-0.3, -0.25) is 4.18 Å². The van der Waals surface area contributed by atoms with Crippen LogP contribution in [0, 0.1) is 6.92 Å². The molecule has 1 heterocycles. The van der Waals surface area contributed by atoms with Crippen LogP contribution in [0.25, 0.3) is 0 Å². The number of para-hydroxylation sites is 2. The average molecular weight is 361 g/mol. The highest BCUT2D eigenvalue weighted by Gasteiger charge is 2.29. The molecule has 0 bridgehead atoms. The molecule has 5 nitrogen and oxygen atoms in total. The van der Waals surface area contributed by atoms with Gasteiger partial charge in [-0.2, -0.15) is 8.42 Å². The highest BCUT2D eigenvalue weighted by Crippen LogP contribution is 2.34. The minimum Gasteiger partial charge on any atom is -0.484 e. The predicted molar refractivity (Wildman–Crippen MR) is 97.7 cm³/mol. The molecule has 2 aromatic rings. The monoisotopic (exact) mass is 361 g/mol. The maximum atomic E-state index is 12.4. The van der Waals surface area contributed by atoms with Gasteiger partial charge in [0.15, 0.2) is 0 Å². The van der Waals surface area contributed by atoms with Gasteiger partial charge in [0.25, 0.3) is 10.1 Å². The van der Waals surface area contributed by atoms with Crippen LogP contribution in [0.15, 0.2) is 53.4 Å². The molecule has 0 amide bonds. The first-order chi connectivity index (χ1) is 11.9. The van der Waals surface area contributed by atoms with E-state index in [1.807, 2.05) is 31.2 Å². The van der Waals surface area contributed by atoms with Gasteiger partial charge < -0.3 is 9.64 Å². The molecule has 1 aliphatic heterocycles. The molecule has 0 spiro atoms. The van der Waals surface area contributed by atoms with Crippen molar-refractivity contribution < 1.29 is 17.3 Å². The third kappa shape index (κ3) is 3.96. The van der Waals surface area contributed by atoms with Gasteiger partial charge in [0.2, 0.25) is 0 Å². The molecule has 0 saturated carbocycles. The average Bonchev–Trinajstić information content (AvgIpc) is 2.59. The summed E-state index contributed by atoms with van der Waals surface area (Å²) < 4.78 is 35.9. The number of fused-ring (bicyclic) bond motifs is 1. The maximum absolute atomic E-state index is 12.4. The first-order valence-corrected chi connectivity index (χ1v) is 9.76. The van der Waals surface area contributed by atoms with E-state index >= 15 is 0 Å². The SMILES string of the molecule is Cc1ccc(S(=O)(=O)OCC2CN(C(C)C)c3ccccc3O2)cc1. The Labute approximate surface area is 149 Å². The van der Waals surface area contributed by atoms with E-state index < -0.39 is 10.1 Å². The summed E-state index contributed by atoms with van der Waals surface area (Å²) in [5.74, 6) is 0.754. The summed E-state index contributed by atoms with van der Waals surface area (Å²) in [6.45, 7) is 6.67. The van der Waals surface area contributed by atoms with E-state index in [1.165, 1.54) is 0 Å². The molecule has 0 aromatic heterocycles. The van der Waals surface area contributed by atoms with Gasteiger partial charge in [-0.25, -0.2) is 0 Å². The van der Waals surface area contributed by atoms with E-state index in [2.05, 4.69) is 18.7 Å². The number of rotatable bonds is 5. The summed E-state index contributed by atoms with van der Waals surface area (Å²) in [6.07, 6.45) is -0.350. The number of hydrogen-bond acceptors (Lipinski definition) is 5. The van der Waals surface area contributed by atoms with E-state index in [4.69, 9.17) is 8.92 Å². The topological polar surface area (TPSA) is 55.8 Å². The van der Waals surface area contributed by atoms with Crippen molar-refractivity contribution in [2.75, 3.05) is 18.1 Å². The molecule has 25 heavy (non-hydrogen) atoms. The van der Waals surface area contributed by atoms with Crippen molar-refractivity contribution >= 4 is 15.8 Å². The zero-order chi connectivity index (χ0) is 18.0. The summed E-state index contributed by atoms with van der Waals surface area (Å²) in [6, 6.07) is 14.7. The molecular weight excluding hydrogens is 338 g/mol. The zero-order valence-electron chi connectivity index (χ0n) is 14.7. The fourth-order valence-electron chi connectivity index (χ4n) is 2.84. The van der Waals surface area contributed by atoms with Crippen LogP contribution in [0.4, 0.5) is 5.69 Å². The van der Waals surface area contributed by atoms with Crippen molar-refractivity contribution in [3.8, 4) is 5.75 Å². The van der Waals surface area contributed by atoms with E-state index in [1.54, 1.807) is 24.3 Å². The minimum atomic E-state index is -3.79. The van der Waals surface area contributed by atoms with Crippen LogP contribution in [-0.4, -0.2) is 33.7 Å². The second kappa shape index (κ2) is 7.06. The smallest absolute Gasteiger partial charge is 0.297 e. The maximum Gasteiger partial charge on any atom is 0.297 e. The Morgan fingerprint density at radius 1 is 1.16 bits per heavy atom. The highest BCUT2D eigenvalue weighted by atomic mass is 32.2. The van der Waals surface area contributed by atoms with Crippen LogP contribution in [0.5, 0.6) is 5.75 Å². The van der Waals surface area contributed by atoms with Crippen LogP contribution in [0.3, 0.4) is 0 Å². The Morgan fingerprint density at radius 2 is 1.84 bits per heavy atom. The lowest BCUT2D eigenvalue weighted by molar-refractivity contribution is 0.126. The molecular formula is C19H23NO4S. The van der Waals surface area contributed by atoms with Gasteiger partial charge in [-0.1, -0.05) is 29.8 Å². The molecule has 1 aliphatic rings. The molecule has 6 heteroatoms. The number of benzene rings is 2. The van der Waals surface area contributed by atoms with Crippen molar-refractivity contribution in [1.29, 1.82) is 0 Å². The highest BCUT2D eigenvalue weighted by molar-refractivity contribution is 7.86. The first-order valence-electron chi connectivity index (χ1n) is 8.35. The van der Waals surface area contributed by atoms with E-state index in [9.17, 15) is 8.42 Å². The van der Waals surface area contributed by atoms with Crippen molar-refractivity contribution in [1.82, 2.24) is 0 Å². The van der Waals surface area contributed by atoms with Gasteiger partial charge >= 0.3 is 0 Å². The molecule has 3 rings (SSSR count). The standard InChI is InChI=1S/C19H23NO4S/c1-14(2)20-12-16(24-19-7-5-4-6-18(19)20)13-23-25(21,22)17-10-8-15(3)9-11-17/h4-11,14,16H,12-13H2,1-3H3. The molecule has 0 fully saturated rings. The minimum absolute atomic E-state index is 0.0201. The first kappa shape index (κ1) is 17.8. The van der Waals surface area contributed by atoms with Gasteiger partial charge in [-0.15, -0.1) is 0 Å². The van der Waals surface area contributed by atoms with Crippen molar-refractivity contribution in [3.63, 3.8) is 0 Å². The van der Waals surface area contributed by atoms with E-state index in [0.717, 1.165) is 17.0 Å². The molecule has 0 aliphatic carbocycles. The van der Waals surface area contributed by atoms with Crippen LogP contribution in [0.1, 0.15) is 19.4 Å². The Bertz CT molecular complexity index is 831. The number of ether oxygens (including phenoxy) is 1. The number of hydrogen-bond donors (Lipinski definition) is 0. The van der Waals surface area contributed by atoms with Crippen LogP contribution in [0.2, 0.25) is 0 Å². The number of anilines is 1. The van der Waals surface area contributed by atoms with Crippen LogP contribution >= 0.6 is 0 Å². The second-order valence-electron chi connectivity index (χ2n) is 6.51. The zero-order valence-corrected chi connectivity index (χ0v) is 15.5. The van der Waals surface area contributed by atoms with Gasteiger partial charge in [0.05, 0.1) is 17.1 Å². The van der Waals surface area contributed by atoms with Gasteiger partial charge in [0, 0.05) is 6.04 Å². The third-order valence-corrected chi connectivity index (χ3v) is 5.51. The molecule has 0 N–H and O–H groups in total. The normalized spacial score (nSPS) is 17.3. The molecule has 1 unspecified atom stereocenters. The van der Waals surface area contributed by atoms with Crippen molar-refractivity contribution in [2.24, 2.45) is 0 Å². The van der Waals surface area contributed by atoms with Gasteiger partial charge in [0.1, 0.15) is 18.5 Å². The number of aryl methyl sites for hydroxylation is 1. The molecule has 0 radical (unpaired) electrons. The van der Waals surface area contributed by atoms with Crippen LogP contribution in [-0.2, 0) is 14.3 Å². The largest absolute Gasteiger partial charge is 0.484 e. The molecule has 2 aromatic carbocycles.